The van der Waals surface area contributed by atoms with Crippen molar-refractivity contribution in [1.29, 1.82) is 0 Å². The van der Waals surface area contributed by atoms with Gasteiger partial charge in [0.25, 0.3) is 0 Å². The molecule has 2 heterocycles. The Morgan fingerprint density at radius 1 is 1.32 bits per heavy atom. The lowest BCUT2D eigenvalue weighted by Crippen LogP contribution is -2.30. The predicted octanol–water partition coefficient (Wildman–Crippen LogP) is 3.34. The number of hydrogen-bond acceptors (Lipinski definition) is 6. The molecule has 132 valence electrons. The minimum absolute atomic E-state index is 0.124. The number of carbonyl (C=O) groups is 1. The molecule has 25 heavy (non-hydrogen) atoms. The molecule has 0 radical (unpaired) electrons. The highest BCUT2D eigenvalue weighted by Crippen LogP contribution is 2.31. The fourth-order valence-electron chi connectivity index (χ4n) is 2.70. The standard InChI is InChI=1S/C18H21N3O4/c1-10-7-17(25-21-10)20-16(22)9-19-12(3)18-11(2)14-8-13(23-4)5-6-15(14)24-18/h5-8,12,19H,9H2,1-4H3,(H,20,22). The largest absolute Gasteiger partial charge is 0.497 e. The lowest BCUT2D eigenvalue weighted by atomic mass is 10.1. The van der Waals surface area contributed by atoms with Gasteiger partial charge >= 0.3 is 0 Å². The van der Waals surface area contributed by atoms with Gasteiger partial charge in [-0.25, -0.2) is 0 Å². The van der Waals surface area contributed by atoms with E-state index in [0.717, 1.165) is 28.0 Å². The molecule has 0 aliphatic rings. The summed E-state index contributed by atoms with van der Waals surface area (Å²) in [7, 11) is 1.64. The van der Waals surface area contributed by atoms with Gasteiger partial charge in [-0.05, 0) is 39.0 Å². The number of ether oxygens (including phenoxy) is 1. The molecule has 0 bridgehead atoms. The van der Waals surface area contributed by atoms with Gasteiger partial charge in [0.2, 0.25) is 11.8 Å². The topological polar surface area (TPSA) is 89.5 Å². The molecule has 3 rings (SSSR count). The highest BCUT2D eigenvalue weighted by Gasteiger charge is 2.18. The summed E-state index contributed by atoms with van der Waals surface area (Å²) in [5.41, 5.74) is 2.54. The predicted molar refractivity (Wildman–Crippen MR) is 93.8 cm³/mol. The highest BCUT2D eigenvalue weighted by molar-refractivity contribution is 5.91. The van der Waals surface area contributed by atoms with Gasteiger partial charge in [0.1, 0.15) is 17.1 Å². The third kappa shape index (κ3) is 3.66. The molecule has 0 fully saturated rings. The smallest absolute Gasteiger partial charge is 0.240 e. The maximum atomic E-state index is 12.0. The number of hydrogen-bond donors (Lipinski definition) is 2. The third-order valence-corrected chi connectivity index (χ3v) is 4.03. The lowest BCUT2D eigenvalue weighted by molar-refractivity contribution is -0.115. The summed E-state index contributed by atoms with van der Waals surface area (Å²) in [6.45, 7) is 5.86. The molecule has 2 N–H and O–H groups in total. The van der Waals surface area contributed by atoms with E-state index in [1.807, 2.05) is 32.0 Å². The molecule has 7 heteroatoms. The Morgan fingerprint density at radius 3 is 2.80 bits per heavy atom. The molecule has 7 nitrogen and oxygen atoms in total. The average Bonchev–Trinajstić information content (AvgIpc) is 3.15. The Morgan fingerprint density at radius 2 is 2.12 bits per heavy atom. The van der Waals surface area contributed by atoms with Gasteiger partial charge in [-0.3, -0.25) is 15.4 Å². The number of methoxy groups -OCH3 is 1. The van der Waals surface area contributed by atoms with Gasteiger partial charge in [0, 0.05) is 17.0 Å². The van der Waals surface area contributed by atoms with Crippen molar-refractivity contribution in [2.75, 3.05) is 19.0 Å². The van der Waals surface area contributed by atoms with Crippen molar-refractivity contribution in [3.63, 3.8) is 0 Å². The lowest BCUT2D eigenvalue weighted by Gasteiger charge is -2.11. The van der Waals surface area contributed by atoms with E-state index >= 15 is 0 Å². The maximum Gasteiger partial charge on any atom is 0.240 e. The van der Waals surface area contributed by atoms with Gasteiger partial charge in [-0.1, -0.05) is 5.16 Å². The van der Waals surface area contributed by atoms with Gasteiger partial charge in [-0.2, -0.15) is 0 Å². The molecule has 1 unspecified atom stereocenters. The molecular formula is C18H21N3O4. The number of anilines is 1. The van der Waals surface area contributed by atoms with E-state index < -0.39 is 0 Å². The number of furan rings is 1. The van der Waals surface area contributed by atoms with E-state index in [-0.39, 0.29) is 18.5 Å². The fourth-order valence-corrected chi connectivity index (χ4v) is 2.70. The highest BCUT2D eigenvalue weighted by atomic mass is 16.5. The number of nitrogens with zero attached hydrogens (tertiary/aromatic N) is 1. The zero-order chi connectivity index (χ0) is 18.0. The number of fused-ring (bicyclic) bond motifs is 1. The van der Waals surface area contributed by atoms with E-state index in [2.05, 4.69) is 15.8 Å². The van der Waals surface area contributed by atoms with E-state index in [4.69, 9.17) is 13.7 Å². The molecule has 0 saturated carbocycles. The summed E-state index contributed by atoms with van der Waals surface area (Å²) in [4.78, 5) is 12.0. The third-order valence-electron chi connectivity index (χ3n) is 4.03. The first kappa shape index (κ1) is 17.0. The van der Waals surface area contributed by atoms with Crippen molar-refractivity contribution in [2.24, 2.45) is 0 Å². The Labute approximate surface area is 145 Å². The van der Waals surface area contributed by atoms with Gasteiger partial charge in [0.15, 0.2) is 0 Å². The summed E-state index contributed by atoms with van der Waals surface area (Å²) >= 11 is 0. The van der Waals surface area contributed by atoms with Crippen molar-refractivity contribution in [1.82, 2.24) is 10.5 Å². The maximum absolute atomic E-state index is 12.0. The Hall–Kier alpha value is -2.80. The van der Waals surface area contributed by atoms with Crippen LogP contribution in [-0.2, 0) is 4.79 Å². The minimum atomic E-state index is -0.210. The first-order valence-electron chi connectivity index (χ1n) is 8.01. The van der Waals surface area contributed by atoms with Crippen LogP contribution in [0.5, 0.6) is 5.75 Å². The molecule has 0 saturated heterocycles. The van der Waals surface area contributed by atoms with Crippen molar-refractivity contribution in [3.05, 3.63) is 41.3 Å². The molecule has 3 aromatic rings. The molecule has 0 aliphatic heterocycles. The van der Waals surface area contributed by atoms with Gasteiger partial charge in [-0.15, -0.1) is 0 Å². The van der Waals surface area contributed by atoms with Crippen LogP contribution in [0.4, 0.5) is 5.88 Å². The van der Waals surface area contributed by atoms with Gasteiger partial charge in [0.05, 0.1) is 25.4 Å². The second-order valence-electron chi connectivity index (χ2n) is 5.94. The fraction of sp³-hybridized carbons (Fsp3) is 0.333. The summed E-state index contributed by atoms with van der Waals surface area (Å²) in [5.74, 6) is 1.71. The SMILES string of the molecule is COc1ccc2oc(C(C)NCC(=O)Nc3cc(C)no3)c(C)c2c1. The number of aryl methyl sites for hydroxylation is 2. The van der Waals surface area contributed by atoms with Crippen LogP contribution in [0.1, 0.15) is 30.0 Å². The van der Waals surface area contributed by atoms with Crippen molar-refractivity contribution in [3.8, 4) is 5.75 Å². The Balaban J connectivity index is 1.66. The van der Waals surface area contributed by atoms with E-state index in [1.54, 1.807) is 20.1 Å². The molecule has 0 aliphatic carbocycles. The number of carbonyl (C=O) groups excluding carboxylic acids is 1. The monoisotopic (exact) mass is 343 g/mol. The number of rotatable bonds is 6. The molecule has 1 atom stereocenters. The number of nitrogens with one attached hydrogen (secondary N) is 2. The van der Waals surface area contributed by atoms with Crippen molar-refractivity contribution in [2.45, 2.75) is 26.8 Å². The molecule has 1 aromatic carbocycles. The summed E-state index contributed by atoms with van der Waals surface area (Å²) in [6, 6.07) is 7.23. The quantitative estimate of drug-likeness (QED) is 0.713. The average molecular weight is 343 g/mol. The molecular weight excluding hydrogens is 322 g/mol. The minimum Gasteiger partial charge on any atom is -0.497 e. The Kier molecular flexibility index (Phi) is 4.76. The number of benzene rings is 1. The normalized spacial score (nSPS) is 12.3. The second-order valence-corrected chi connectivity index (χ2v) is 5.94. The second kappa shape index (κ2) is 6.98. The molecule has 1 amide bonds. The van der Waals surface area contributed by atoms with Crippen LogP contribution in [0.2, 0.25) is 0 Å². The first-order valence-corrected chi connectivity index (χ1v) is 8.01. The van der Waals surface area contributed by atoms with Crippen molar-refractivity contribution >= 4 is 22.8 Å². The van der Waals surface area contributed by atoms with E-state index in [9.17, 15) is 4.79 Å². The molecule has 0 spiro atoms. The van der Waals surface area contributed by atoms with Crippen LogP contribution in [0.15, 0.2) is 33.2 Å². The van der Waals surface area contributed by atoms with Crippen LogP contribution in [0, 0.1) is 13.8 Å². The summed E-state index contributed by atoms with van der Waals surface area (Å²) < 4.78 is 16.2. The van der Waals surface area contributed by atoms with E-state index in [0.29, 0.717) is 11.6 Å². The number of aromatic nitrogens is 1. The summed E-state index contributed by atoms with van der Waals surface area (Å²) in [5, 5.41) is 10.5. The van der Waals surface area contributed by atoms with Crippen LogP contribution >= 0.6 is 0 Å². The van der Waals surface area contributed by atoms with Crippen LogP contribution in [0.3, 0.4) is 0 Å². The molecule has 2 aromatic heterocycles. The van der Waals surface area contributed by atoms with E-state index in [1.165, 1.54) is 0 Å². The zero-order valence-corrected chi connectivity index (χ0v) is 14.7. The van der Waals surface area contributed by atoms with Crippen LogP contribution < -0.4 is 15.4 Å². The van der Waals surface area contributed by atoms with Crippen LogP contribution in [-0.4, -0.2) is 24.7 Å². The Bertz CT molecular complexity index is 897. The zero-order valence-electron chi connectivity index (χ0n) is 14.7. The summed E-state index contributed by atoms with van der Waals surface area (Å²) in [6.07, 6.45) is 0. The van der Waals surface area contributed by atoms with Crippen LogP contribution in [0.25, 0.3) is 11.0 Å². The first-order chi connectivity index (χ1) is 12.0. The number of amides is 1. The van der Waals surface area contributed by atoms with Gasteiger partial charge < -0.3 is 13.7 Å². The van der Waals surface area contributed by atoms with Crippen molar-refractivity contribution < 1.29 is 18.5 Å².